The summed E-state index contributed by atoms with van der Waals surface area (Å²) in [5.74, 6) is -0.285. The van der Waals surface area contributed by atoms with E-state index in [0.717, 1.165) is 0 Å². The number of thiophene rings is 1. The summed E-state index contributed by atoms with van der Waals surface area (Å²) in [7, 11) is 0. The van der Waals surface area contributed by atoms with Crippen LogP contribution in [-0.2, 0) is 0 Å². The maximum absolute atomic E-state index is 12.3. The molecule has 0 amide bonds. The third kappa shape index (κ3) is 3.81. The summed E-state index contributed by atoms with van der Waals surface area (Å²) in [6, 6.07) is 11.6. The summed E-state index contributed by atoms with van der Waals surface area (Å²) >= 11 is 1.24. The maximum Gasteiger partial charge on any atom is 0.353 e. The first-order valence-corrected chi connectivity index (χ1v) is 9.27. The number of carbonyl (C=O) groups excluding carboxylic acids is 1. The van der Waals surface area contributed by atoms with Crippen LogP contribution >= 0.6 is 11.3 Å². The Kier molecular flexibility index (Phi) is 5.63. The first-order valence-electron chi connectivity index (χ1n) is 8.39. The fourth-order valence-corrected chi connectivity index (χ4v) is 3.29. The van der Waals surface area contributed by atoms with E-state index >= 15 is 0 Å². The largest absolute Gasteiger partial charge is 0.490 e. The zero-order valence-electron chi connectivity index (χ0n) is 15.2. The van der Waals surface area contributed by atoms with Gasteiger partial charge in [-0.2, -0.15) is 10.5 Å². The van der Waals surface area contributed by atoms with Crippen molar-refractivity contribution in [2.75, 3.05) is 12.3 Å². The van der Waals surface area contributed by atoms with Crippen LogP contribution in [0.25, 0.3) is 11.1 Å². The van der Waals surface area contributed by atoms with Gasteiger partial charge in [-0.05, 0) is 36.1 Å². The topological polar surface area (TPSA) is 142 Å². The van der Waals surface area contributed by atoms with Crippen LogP contribution in [0.5, 0.6) is 11.5 Å². The van der Waals surface area contributed by atoms with Gasteiger partial charge < -0.3 is 20.2 Å². The predicted molar refractivity (Wildman–Crippen MR) is 107 cm³/mol. The number of ether oxygens (including phenoxy) is 2. The van der Waals surface area contributed by atoms with Crippen LogP contribution < -0.4 is 20.8 Å². The molecule has 144 valence electrons. The summed E-state index contributed by atoms with van der Waals surface area (Å²) in [4.78, 5) is 27.1. The first-order chi connectivity index (χ1) is 14.0. The highest BCUT2D eigenvalue weighted by Gasteiger charge is 2.21. The molecule has 3 rings (SSSR count). The van der Waals surface area contributed by atoms with Gasteiger partial charge in [0.05, 0.1) is 6.61 Å². The first kappa shape index (κ1) is 19.7. The third-order valence-electron chi connectivity index (χ3n) is 3.93. The Morgan fingerprint density at radius 3 is 2.59 bits per heavy atom. The Morgan fingerprint density at radius 1 is 1.21 bits per heavy atom. The average molecular weight is 406 g/mol. The number of nitrogens with zero attached hydrogens (tertiary/aromatic N) is 2. The van der Waals surface area contributed by atoms with Crippen molar-refractivity contribution in [2.24, 2.45) is 0 Å². The molecule has 0 atom stereocenters. The highest BCUT2D eigenvalue weighted by molar-refractivity contribution is 7.12. The zero-order chi connectivity index (χ0) is 21.0. The fraction of sp³-hybridized carbons (Fsp3) is 0.100. The summed E-state index contributed by atoms with van der Waals surface area (Å²) < 4.78 is 11.0. The summed E-state index contributed by atoms with van der Waals surface area (Å²) in [6.07, 6.45) is 0. The van der Waals surface area contributed by atoms with Crippen LogP contribution in [0.15, 0.2) is 40.5 Å². The number of aromatic amines is 1. The molecule has 8 nitrogen and oxygen atoms in total. The number of carbonyl (C=O) groups is 1. The SMILES string of the molecule is CCOc1cc(-c2c(C#N)c(N)[nH]c(=O)c2C#N)ccc1OC(=O)c1cccs1. The van der Waals surface area contributed by atoms with Gasteiger partial charge >= 0.3 is 5.97 Å². The maximum atomic E-state index is 12.3. The van der Waals surface area contributed by atoms with Gasteiger partial charge in [0.25, 0.3) is 5.56 Å². The Bertz CT molecular complexity index is 1220. The Morgan fingerprint density at radius 2 is 1.97 bits per heavy atom. The van der Waals surface area contributed by atoms with Crippen LogP contribution in [0.2, 0.25) is 0 Å². The molecule has 0 aliphatic rings. The van der Waals surface area contributed by atoms with E-state index in [9.17, 15) is 20.1 Å². The molecule has 0 radical (unpaired) electrons. The molecule has 3 N–H and O–H groups in total. The van der Waals surface area contributed by atoms with E-state index in [-0.39, 0.29) is 40.6 Å². The number of esters is 1. The molecular weight excluding hydrogens is 392 g/mol. The second-order valence-electron chi connectivity index (χ2n) is 5.68. The fourth-order valence-electron chi connectivity index (χ4n) is 2.69. The van der Waals surface area contributed by atoms with E-state index in [1.807, 2.05) is 6.07 Å². The number of nitrogens with two attached hydrogens (primary N) is 1. The summed E-state index contributed by atoms with van der Waals surface area (Å²) in [6.45, 7) is 2.03. The predicted octanol–water partition coefficient (Wildman–Crippen LogP) is 3.05. The normalized spacial score (nSPS) is 10.0. The Hall–Kier alpha value is -4.08. The van der Waals surface area contributed by atoms with Crippen molar-refractivity contribution in [1.82, 2.24) is 4.98 Å². The van der Waals surface area contributed by atoms with Gasteiger partial charge in [-0.15, -0.1) is 11.3 Å². The van der Waals surface area contributed by atoms with Crippen LogP contribution in [0.4, 0.5) is 5.82 Å². The molecule has 1 aromatic carbocycles. The van der Waals surface area contributed by atoms with Crippen LogP contribution in [0, 0.1) is 22.7 Å². The van der Waals surface area contributed by atoms with Gasteiger partial charge in [0.1, 0.15) is 34.0 Å². The van der Waals surface area contributed by atoms with E-state index < -0.39 is 11.5 Å². The van der Waals surface area contributed by atoms with Gasteiger partial charge in [0, 0.05) is 5.56 Å². The van der Waals surface area contributed by atoms with Gasteiger partial charge in [0.2, 0.25) is 0 Å². The third-order valence-corrected chi connectivity index (χ3v) is 4.78. The molecule has 0 aliphatic heterocycles. The van der Waals surface area contributed by atoms with Gasteiger partial charge in [-0.1, -0.05) is 12.1 Å². The molecule has 0 aliphatic carbocycles. The minimum Gasteiger partial charge on any atom is -0.490 e. The van der Waals surface area contributed by atoms with Gasteiger partial charge in [-0.25, -0.2) is 4.79 Å². The number of nitrogen functional groups attached to an aromatic ring is 1. The van der Waals surface area contributed by atoms with Crippen LogP contribution in [-0.4, -0.2) is 17.6 Å². The molecule has 0 saturated heterocycles. The number of benzene rings is 1. The lowest BCUT2D eigenvalue weighted by Gasteiger charge is -2.14. The van der Waals surface area contributed by atoms with Crippen molar-refractivity contribution in [3.05, 3.63) is 62.1 Å². The van der Waals surface area contributed by atoms with Gasteiger partial charge in [-0.3, -0.25) is 4.79 Å². The second kappa shape index (κ2) is 8.30. The number of hydrogen-bond acceptors (Lipinski definition) is 8. The average Bonchev–Trinajstić information content (AvgIpc) is 3.24. The quantitative estimate of drug-likeness (QED) is 0.490. The molecule has 0 fully saturated rings. The van der Waals surface area contributed by atoms with Crippen molar-refractivity contribution in [3.8, 4) is 34.8 Å². The molecule has 2 heterocycles. The van der Waals surface area contributed by atoms with E-state index in [4.69, 9.17) is 15.2 Å². The molecular formula is C20H14N4O4S. The molecule has 0 unspecified atom stereocenters. The smallest absolute Gasteiger partial charge is 0.353 e. The number of rotatable bonds is 5. The monoisotopic (exact) mass is 406 g/mol. The molecule has 29 heavy (non-hydrogen) atoms. The van der Waals surface area contributed by atoms with E-state index in [1.165, 1.54) is 29.5 Å². The number of hydrogen-bond donors (Lipinski definition) is 2. The lowest BCUT2D eigenvalue weighted by atomic mass is 9.96. The zero-order valence-corrected chi connectivity index (χ0v) is 16.0. The van der Waals surface area contributed by atoms with E-state index in [2.05, 4.69) is 4.98 Å². The number of nitrogens with one attached hydrogen (secondary N) is 1. The Labute approximate surface area is 169 Å². The van der Waals surface area contributed by atoms with Crippen molar-refractivity contribution in [2.45, 2.75) is 6.92 Å². The summed E-state index contributed by atoms with van der Waals surface area (Å²) in [5.41, 5.74) is 5.21. The Balaban J connectivity index is 2.13. The van der Waals surface area contributed by atoms with Crippen LogP contribution in [0.3, 0.4) is 0 Å². The second-order valence-corrected chi connectivity index (χ2v) is 6.63. The minimum absolute atomic E-state index is 0.0353. The highest BCUT2D eigenvalue weighted by atomic mass is 32.1. The number of pyridine rings is 1. The molecule has 2 aromatic heterocycles. The lowest BCUT2D eigenvalue weighted by molar-refractivity contribution is 0.0733. The number of H-pyrrole nitrogens is 1. The standard InChI is InChI=1S/C20H14N4O4S/c1-2-27-15-8-11(5-6-14(15)28-20(26)16-4-3-7-29-16)17-12(9-21)18(23)24-19(25)13(17)10-22/h3-8H,2H2,1H3,(H3,23,24,25). The summed E-state index contributed by atoms with van der Waals surface area (Å²) in [5, 5.41) is 20.6. The van der Waals surface area contributed by atoms with Gasteiger partial charge in [0.15, 0.2) is 11.5 Å². The van der Waals surface area contributed by atoms with Crippen molar-refractivity contribution >= 4 is 23.1 Å². The minimum atomic E-state index is -0.704. The molecule has 3 aromatic rings. The van der Waals surface area contributed by atoms with Crippen molar-refractivity contribution in [1.29, 1.82) is 10.5 Å². The number of nitriles is 2. The number of aromatic nitrogens is 1. The van der Waals surface area contributed by atoms with E-state index in [0.29, 0.717) is 10.4 Å². The molecule has 9 heteroatoms. The molecule has 0 bridgehead atoms. The number of anilines is 1. The highest BCUT2D eigenvalue weighted by Crippen LogP contribution is 2.36. The van der Waals surface area contributed by atoms with Crippen molar-refractivity contribution in [3.63, 3.8) is 0 Å². The van der Waals surface area contributed by atoms with E-state index in [1.54, 1.807) is 30.5 Å². The molecule has 0 saturated carbocycles. The van der Waals surface area contributed by atoms with Crippen LogP contribution in [0.1, 0.15) is 27.7 Å². The molecule has 0 spiro atoms. The lowest BCUT2D eigenvalue weighted by Crippen LogP contribution is -2.16. The van der Waals surface area contributed by atoms with Crippen molar-refractivity contribution < 1.29 is 14.3 Å².